The Balaban J connectivity index is 1.76. The van der Waals surface area contributed by atoms with Gasteiger partial charge in [-0.3, -0.25) is 4.79 Å². The Labute approximate surface area is 138 Å². The molecule has 0 saturated heterocycles. The Morgan fingerprint density at radius 1 is 1.08 bits per heavy atom. The fourth-order valence-corrected chi connectivity index (χ4v) is 1.90. The highest BCUT2D eigenvalue weighted by molar-refractivity contribution is 5.87. The van der Waals surface area contributed by atoms with Crippen LogP contribution in [-0.4, -0.2) is 22.7 Å². The van der Waals surface area contributed by atoms with Gasteiger partial charge in [0, 0.05) is 25.1 Å². The third kappa shape index (κ3) is 5.84. The summed E-state index contributed by atoms with van der Waals surface area (Å²) in [5, 5.41) is 21.1. The van der Waals surface area contributed by atoms with Crippen LogP contribution in [0.5, 0.6) is 11.5 Å². The lowest BCUT2D eigenvalue weighted by Crippen LogP contribution is -2.23. The summed E-state index contributed by atoms with van der Waals surface area (Å²) in [5.41, 5.74) is 0.271. The quantitative estimate of drug-likeness (QED) is 0.556. The van der Waals surface area contributed by atoms with Crippen LogP contribution in [0, 0.1) is 0 Å². The van der Waals surface area contributed by atoms with Gasteiger partial charge >= 0.3 is 5.63 Å². The Hall–Kier alpha value is -3.28. The first-order valence-electron chi connectivity index (χ1n) is 7.27. The topological polar surface area (TPSA) is 99.8 Å². The molecule has 0 atom stereocenters. The molecule has 124 valence electrons. The minimum Gasteiger partial charge on any atom is -0.508 e. The number of rotatable bonds is 6. The molecule has 0 aliphatic carbocycles. The lowest BCUT2D eigenvalue weighted by atomic mass is 10.2. The summed E-state index contributed by atoms with van der Waals surface area (Å²) in [7, 11) is 0. The van der Waals surface area contributed by atoms with Crippen LogP contribution in [0.3, 0.4) is 0 Å². The summed E-state index contributed by atoms with van der Waals surface area (Å²) in [6, 6.07) is 8.98. The van der Waals surface area contributed by atoms with Gasteiger partial charge in [-0.15, -0.1) is 0 Å². The van der Waals surface area contributed by atoms with Gasteiger partial charge < -0.3 is 19.9 Å². The van der Waals surface area contributed by atoms with Crippen molar-refractivity contribution in [2.24, 2.45) is 0 Å². The molecular formula is C18H17NO5. The molecule has 6 heteroatoms. The van der Waals surface area contributed by atoms with Crippen molar-refractivity contribution in [3.63, 3.8) is 0 Å². The molecule has 1 aromatic heterocycles. The highest BCUT2D eigenvalue weighted by Crippen LogP contribution is 2.10. The number of phenolic OH excluding ortho intramolecular Hbond substituents is 1. The predicted molar refractivity (Wildman–Crippen MR) is 89.6 cm³/mol. The molecular weight excluding hydrogens is 310 g/mol. The van der Waals surface area contributed by atoms with Crippen molar-refractivity contribution >= 4 is 12.0 Å². The minimum atomic E-state index is -0.629. The summed E-state index contributed by atoms with van der Waals surface area (Å²) in [4.78, 5) is 22.7. The molecule has 0 radical (unpaired) electrons. The largest absolute Gasteiger partial charge is 0.508 e. The van der Waals surface area contributed by atoms with Crippen LogP contribution < -0.4 is 10.9 Å². The van der Waals surface area contributed by atoms with Crippen LogP contribution in [0.25, 0.3) is 6.08 Å². The molecule has 0 aliphatic heterocycles. The van der Waals surface area contributed by atoms with Gasteiger partial charge in [-0.05, 0) is 17.7 Å². The number of carbonyl (C=O) groups is 1. The summed E-state index contributed by atoms with van der Waals surface area (Å²) in [5.74, 6) is 0.0563. The van der Waals surface area contributed by atoms with Gasteiger partial charge in [0.25, 0.3) is 0 Å². The molecule has 1 amide bonds. The second-order valence-corrected chi connectivity index (χ2v) is 4.95. The molecule has 3 N–H and O–H groups in total. The zero-order valence-corrected chi connectivity index (χ0v) is 12.8. The van der Waals surface area contributed by atoms with E-state index >= 15 is 0 Å². The summed E-state index contributed by atoms with van der Waals surface area (Å²) in [6.45, 7) is 0.275. The molecule has 0 fully saturated rings. The van der Waals surface area contributed by atoms with Gasteiger partial charge in [0.05, 0.1) is 6.07 Å². The fourth-order valence-electron chi connectivity index (χ4n) is 1.90. The molecule has 1 heterocycles. The number of hydrogen-bond donors (Lipinski definition) is 3. The van der Waals surface area contributed by atoms with Crippen molar-refractivity contribution in [2.75, 3.05) is 6.54 Å². The molecule has 2 rings (SSSR count). The third-order valence-corrected chi connectivity index (χ3v) is 3.02. The average Bonchev–Trinajstić information content (AvgIpc) is 2.52. The SMILES string of the molecule is O=C(/C=C/C=C/c1ccc(O)cc1)NCCc1cc(O)cc(=O)o1. The third-order valence-electron chi connectivity index (χ3n) is 3.02. The number of nitrogens with one attached hydrogen (secondary N) is 1. The van der Waals surface area contributed by atoms with E-state index in [1.165, 1.54) is 12.1 Å². The Morgan fingerprint density at radius 2 is 1.83 bits per heavy atom. The van der Waals surface area contributed by atoms with Gasteiger partial charge in [0.1, 0.15) is 17.3 Å². The standard InChI is InChI=1S/C18H17NO5/c20-14-7-5-13(6-8-14)3-1-2-4-17(22)19-10-9-16-11-15(21)12-18(23)24-16/h1-8,11-12,20-21H,9-10H2,(H,19,22)/b3-1+,4-2+. The van der Waals surface area contributed by atoms with Crippen LogP contribution in [-0.2, 0) is 11.2 Å². The maximum absolute atomic E-state index is 11.6. The van der Waals surface area contributed by atoms with Gasteiger partial charge in [-0.2, -0.15) is 0 Å². The molecule has 6 nitrogen and oxygen atoms in total. The second-order valence-electron chi connectivity index (χ2n) is 4.95. The highest BCUT2D eigenvalue weighted by Gasteiger charge is 2.01. The number of phenols is 1. The second kappa shape index (κ2) is 8.38. The minimum absolute atomic E-state index is 0.160. The predicted octanol–water partition coefficient (Wildman–Crippen LogP) is 1.98. The van der Waals surface area contributed by atoms with Crippen molar-refractivity contribution in [2.45, 2.75) is 6.42 Å². The summed E-state index contributed by atoms with van der Waals surface area (Å²) in [6.07, 6.45) is 6.77. The van der Waals surface area contributed by atoms with Gasteiger partial charge in [-0.25, -0.2) is 4.79 Å². The van der Waals surface area contributed by atoms with E-state index in [1.54, 1.807) is 42.5 Å². The maximum Gasteiger partial charge on any atom is 0.339 e. The van der Waals surface area contributed by atoms with E-state index in [9.17, 15) is 14.7 Å². The van der Waals surface area contributed by atoms with Crippen LogP contribution in [0.4, 0.5) is 0 Å². The smallest absolute Gasteiger partial charge is 0.339 e. The van der Waals surface area contributed by atoms with Crippen molar-refractivity contribution in [1.82, 2.24) is 5.32 Å². The molecule has 0 aliphatic rings. The number of aromatic hydroxyl groups is 2. The number of benzene rings is 1. The first-order chi connectivity index (χ1) is 11.5. The molecule has 2 aromatic rings. The lowest BCUT2D eigenvalue weighted by Gasteiger charge is -2.01. The zero-order chi connectivity index (χ0) is 17.4. The number of amides is 1. The summed E-state index contributed by atoms with van der Waals surface area (Å²) >= 11 is 0. The molecule has 24 heavy (non-hydrogen) atoms. The number of hydrogen-bond acceptors (Lipinski definition) is 5. The number of carbonyl (C=O) groups excluding carboxylic acids is 1. The van der Waals surface area contributed by atoms with E-state index in [0.29, 0.717) is 12.2 Å². The van der Waals surface area contributed by atoms with Crippen LogP contribution >= 0.6 is 0 Å². The maximum atomic E-state index is 11.6. The van der Waals surface area contributed by atoms with E-state index in [2.05, 4.69) is 5.32 Å². The molecule has 0 saturated carbocycles. The first kappa shape index (κ1) is 17.1. The zero-order valence-electron chi connectivity index (χ0n) is 12.8. The first-order valence-corrected chi connectivity index (χ1v) is 7.27. The Kier molecular flexibility index (Phi) is 5.96. The monoisotopic (exact) mass is 327 g/mol. The van der Waals surface area contributed by atoms with Crippen molar-refractivity contribution in [3.8, 4) is 11.5 Å². The Morgan fingerprint density at radius 3 is 2.54 bits per heavy atom. The number of allylic oxidation sites excluding steroid dienone is 2. The summed E-state index contributed by atoms with van der Waals surface area (Å²) < 4.78 is 4.88. The molecule has 0 unspecified atom stereocenters. The average molecular weight is 327 g/mol. The molecule has 1 aromatic carbocycles. The van der Waals surface area contributed by atoms with E-state index < -0.39 is 5.63 Å². The van der Waals surface area contributed by atoms with Crippen molar-refractivity contribution in [1.29, 1.82) is 0 Å². The van der Waals surface area contributed by atoms with E-state index in [-0.39, 0.29) is 24.0 Å². The van der Waals surface area contributed by atoms with E-state index in [4.69, 9.17) is 9.52 Å². The van der Waals surface area contributed by atoms with Gasteiger partial charge in [-0.1, -0.05) is 30.4 Å². The van der Waals surface area contributed by atoms with Crippen LogP contribution in [0.15, 0.2) is 63.8 Å². The molecule has 0 bridgehead atoms. The molecule has 0 spiro atoms. The van der Waals surface area contributed by atoms with Crippen molar-refractivity contribution < 1.29 is 19.4 Å². The van der Waals surface area contributed by atoms with Gasteiger partial charge in [0.15, 0.2) is 0 Å². The highest BCUT2D eigenvalue weighted by atomic mass is 16.4. The van der Waals surface area contributed by atoms with Crippen molar-refractivity contribution in [3.05, 3.63) is 76.4 Å². The Bertz CT molecular complexity index is 803. The van der Waals surface area contributed by atoms with E-state index in [1.807, 2.05) is 0 Å². The van der Waals surface area contributed by atoms with E-state index in [0.717, 1.165) is 11.6 Å². The van der Waals surface area contributed by atoms with Gasteiger partial charge in [0.2, 0.25) is 5.91 Å². The van der Waals surface area contributed by atoms with Crippen LogP contribution in [0.1, 0.15) is 11.3 Å². The normalized spacial score (nSPS) is 11.2. The van der Waals surface area contributed by atoms with Crippen LogP contribution in [0.2, 0.25) is 0 Å². The lowest BCUT2D eigenvalue weighted by molar-refractivity contribution is -0.116. The fraction of sp³-hybridized carbons (Fsp3) is 0.111.